The summed E-state index contributed by atoms with van der Waals surface area (Å²) in [6, 6.07) is 21.8. The van der Waals surface area contributed by atoms with Crippen LogP contribution < -0.4 is 5.32 Å². The molecule has 0 saturated carbocycles. The summed E-state index contributed by atoms with van der Waals surface area (Å²) >= 11 is 0. The number of carbonyl (C=O) groups excluding carboxylic acids is 1. The molecule has 2 aliphatic rings. The number of benzene rings is 2. The van der Waals surface area contributed by atoms with Gasteiger partial charge in [0.25, 0.3) is 5.91 Å². The van der Waals surface area contributed by atoms with Gasteiger partial charge in [0.15, 0.2) is 0 Å². The molecule has 178 valence electrons. The first-order chi connectivity index (χ1) is 16.7. The molecular formula is C30H37N3O. The molecule has 4 heteroatoms. The van der Waals surface area contributed by atoms with Crippen molar-refractivity contribution < 1.29 is 4.79 Å². The molecule has 1 aromatic heterocycles. The SMILES string of the molecule is CC1CCCCN1CCCNC(=O)c1ccc(-n2c(-c3ccccc3)cc3c2CCCC3)cc1. The molecule has 2 heterocycles. The molecule has 34 heavy (non-hydrogen) atoms. The highest BCUT2D eigenvalue weighted by Gasteiger charge is 2.21. The van der Waals surface area contributed by atoms with Crippen molar-refractivity contribution in [2.45, 2.75) is 64.3 Å². The van der Waals surface area contributed by atoms with E-state index in [1.54, 1.807) is 0 Å². The van der Waals surface area contributed by atoms with Crippen LogP contribution in [0.25, 0.3) is 16.9 Å². The molecule has 1 aliphatic heterocycles. The maximum absolute atomic E-state index is 12.7. The van der Waals surface area contributed by atoms with Crippen LogP contribution in [0.15, 0.2) is 60.7 Å². The van der Waals surface area contributed by atoms with Gasteiger partial charge in [0.1, 0.15) is 0 Å². The summed E-state index contributed by atoms with van der Waals surface area (Å²) in [5.74, 6) is 0.0241. The lowest BCUT2D eigenvalue weighted by molar-refractivity contribution is 0.0949. The van der Waals surface area contributed by atoms with Gasteiger partial charge in [0, 0.05) is 36.1 Å². The number of likely N-dealkylation sites (tertiary alicyclic amines) is 1. The third-order valence-electron chi connectivity index (χ3n) is 7.61. The summed E-state index contributed by atoms with van der Waals surface area (Å²) < 4.78 is 2.41. The first-order valence-electron chi connectivity index (χ1n) is 13.1. The van der Waals surface area contributed by atoms with Crippen LogP contribution in [0.2, 0.25) is 0 Å². The van der Waals surface area contributed by atoms with Crippen LogP contribution in [-0.2, 0) is 12.8 Å². The Kier molecular flexibility index (Phi) is 7.15. The minimum atomic E-state index is 0.0241. The lowest BCUT2D eigenvalue weighted by atomic mass is 9.98. The number of hydrogen-bond donors (Lipinski definition) is 1. The van der Waals surface area contributed by atoms with Gasteiger partial charge >= 0.3 is 0 Å². The molecule has 1 N–H and O–H groups in total. The van der Waals surface area contributed by atoms with Gasteiger partial charge in [-0.2, -0.15) is 0 Å². The minimum Gasteiger partial charge on any atom is -0.352 e. The number of piperidine rings is 1. The monoisotopic (exact) mass is 455 g/mol. The Labute approximate surface area is 204 Å². The Morgan fingerprint density at radius 3 is 2.56 bits per heavy atom. The number of fused-ring (bicyclic) bond motifs is 1. The molecule has 1 saturated heterocycles. The lowest BCUT2D eigenvalue weighted by Crippen LogP contribution is -2.39. The molecule has 4 nitrogen and oxygen atoms in total. The maximum Gasteiger partial charge on any atom is 0.251 e. The van der Waals surface area contributed by atoms with E-state index in [1.807, 2.05) is 12.1 Å². The third-order valence-corrected chi connectivity index (χ3v) is 7.61. The molecule has 0 radical (unpaired) electrons. The normalized spacial score (nSPS) is 18.4. The van der Waals surface area contributed by atoms with Gasteiger partial charge in [-0.25, -0.2) is 0 Å². The van der Waals surface area contributed by atoms with Crippen molar-refractivity contribution in [3.05, 3.63) is 77.5 Å². The number of hydrogen-bond acceptors (Lipinski definition) is 2. The first-order valence-corrected chi connectivity index (χ1v) is 13.1. The van der Waals surface area contributed by atoms with E-state index in [4.69, 9.17) is 0 Å². The zero-order valence-corrected chi connectivity index (χ0v) is 20.4. The Morgan fingerprint density at radius 2 is 1.76 bits per heavy atom. The highest BCUT2D eigenvalue weighted by Crippen LogP contribution is 2.34. The van der Waals surface area contributed by atoms with Gasteiger partial charge in [0.05, 0.1) is 5.69 Å². The van der Waals surface area contributed by atoms with Crippen molar-refractivity contribution in [3.8, 4) is 16.9 Å². The highest BCUT2D eigenvalue weighted by atomic mass is 16.1. The van der Waals surface area contributed by atoms with E-state index in [0.717, 1.165) is 43.6 Å². The number of nitrogens with one attached hydrogen (secondary N) is 1. The zero-order chi connectivity index (χ0) is 23.3. The van der Waals surface area contributed by atoms with E-state index in [0.29, 0.717) is 6.04 Å². The number of nitrogens with zero attached hydrogens (tertiary/aromatic N) is 2. The van der Waals surface area contributed by atoms with E-state index in [1.165, 1.54) is 61.2 Å². The van der Waals surface area contributed by atoms with E-state index in [9.17, 15) is 4.79 Å². The predicted molar refractivity (Wildman–Crippen MR) is 140 cm³/mol. The molecule has 5 rings (SSSR count). The Morgan fingerprint density at radius 1 is 0.971 bits per heavy atom. The molecule has 1 fully saturated rings. The Balaban J connectivity index is 1.27. The van der Waals surface area contributed by atoms with E-state index >= 15 is 0 Å². The van der Waals surface area contributed by atoms with Gasteiger partial charge in [0.2, 0.25) is 0 Å². The van der Waals surface area contributed by atoms with Crippen molar-refractivity contribution in [2.24, 2.45) is 0 Å². The first kappa shape index (κ1) is 22.9. The molecule has 1 aliphatic carbocycles. The largest absolute Gasteiger partial charge is 0.352 e. The summed E-state index contributed by atoms with van der Waals surface area (Å²) in [4.78, 5) is 15.3. The van der Waals surface area contributed by atoms with Crippen LogP contribution in [0.3, 0.4) is 0 Å². The minimum absolute atomic E-state index is 0.0241. The molecule has 2 aromatic carbocycles. The van der Waals surface area contributed by atoms with E-state index in [-0.39, 0.29) is 5.91 Å². The van der Waals surface area contributed by atoms with Crippen LogP contribution in [0.4, 0.5) is 0 Å². The molecule has 0 spiro atoms. The van der Waals surface area contributed by atoms with Crippen LogP contribution in [-0.4, -0.2) is 41.1 Å². The molecular weight excluding hydrogens is 418 g/mol. The fourth-order valence-corrected chi connectivity index (χ4v) is 5.65. The second-order valence-corrected chi connectivity index (χ2v) is 9.95. The highest BCUT2D eigenvalue weighted by molar-refractivity contribution is 5.94. The number of aryl methyl sites for hydroxylation is 1. The smallest absolute Gasteiger partial charge is 0.251 e. The summed E-state index contributed by atoms with van der Waals surface area (Å²) in [5, 5.41) is 3.12. The van der Waals surface area contributed by atoms with Crippen LogP contribution in [0.1, 0.15) is 67.1 Å². The van der Waals surface area contributed by atoms with Crippen molar-refractivity contribution >= 4 is 5.91 Å². The lowest BCUT2D eigenvalue weighted by Gasteiger charge is -2.33. The van der Waals surface area contributed by atoms with Gasteiger partial charge in [-0.1, -0.05) is 36.8 Å². The Bertz CT molecular complexity index is 1100. The molecule has 0 bridgehead atoms. The molecule has 1 amide bonds. The van der Waals surface area contributed by atoms with Gasteiger partial charge < -0.3 is 14.8 Å². The fourth-order valence-electron chi connectivity index (χ4n) is 5.65. The summed E-state index contributed by atoms with van der Waals surface area (Å²) in [7, 11) is 0. The van der Waals surface area contributed by atoms with E-state index in [2.05, 4.69) is 70.2 Å². The number of aromatic nitrogens is 1. The Hall–Kier alpha value is -2.85. The summed E-state index contributed by atoms with van der Waals surface area (Å²) in [5.41, 5.74) is 7.25. The van der Waals surface area contributed by atoms with Gasteiger partial charge in [-0.3, -0.25) is 4.79 Å². The molecule has 3 aromatic rings. The number of carbonyl (C=O) groups is 1. The van der Waals surface area contributed by atoms with Crippen molar-refractivity contribution in [3.63, 3.8) is 0 Å². The average Bonchev–Trinajstić information content (AvgIpc) is 3.28. The van der Waals surface area contributed by atoms with Gasteiger partial charge in [-0.05, 0) is 99.9 Å². The summed E-state index contributed by atoms with van der Waals surface area (Å²) in [6.45, 7) is 5.32. The van der Waals surface area contributed by atoms with Crippen LogP contribution >= 0.6 is 0 Å². The van der Waals surface area contributed by atoms with Crippen molar-refractivity contribution in [2.75, 3.05) is 19.6 Å². The molecule has 1 atom stereocenters. The van der Waals surface area contributed by atoms with Crippen LogP contribution in [0.5, 0.6) is 0 Å². The topological polar surface area (TPSA) is 37.3 Å². The van der Waals surface area contributed by atoms with Crippen LogP contribution in [0, 0.1) is 0 Å². The van der Waals surface area contributed by atoms with Gasteiger partial charge in [-0.15, -0.1) is 0 Å². The quantitative estimate of drug-likeness (QED) is 0.443. The predicted octanol–water partition coefficient (Wildman–Crippen LogP) is 6.02. The zero-order valence-electron chi connectivity index (χ0n) is 20.4. The molecule has 1 unspecified atom stereocenters. The summed E-state index contributed by atoms with van der Waals surface area (Å²) in [6.07, 6.45) is 9.73. The van der Waals surface area contributed by atoms with Crippen molar-refractivity contribution in [1.29, 1.82) is 0 Å². The van der Waals surface area contributed by atoms with E-state index < -0.39 is 0 Å². The maximum atomic E-state index is 12.7. The second-order valence-electron chi connectivity index (χ2n) is 9.95. The second kappa shape index (κ2) is 10.6. The fraction of sp³-hybridized carbons (Fsp3) is 0.433. The third kappa shape index (κ3) is 4.97. The number of rotatable bonds is 7. The number of amides is 1. The van der Waals surface area contributed by atoms with Crippen molar-refractivity contribution in [1.82, 2.24) is 14.8 Å². The standard InChI is InChI=1S/C30H37N3O/c1-23-10-7-8-20-32(23)21-9-19-31-30(34)25-15-17-27(18-16-25)33-28-14-6-5-13-26(28)22-29(33)24-11-3-2-4-12-24/h2-4,11-12,15-18,22-23H,5-10,13-14,19-21H2,1H3,(H,31,34). The average molecular weight is 456 g/mol.